The molecule has 0 spiro atoms. The van der Waals surface area contributed by atoms with Gasteiger partial charge in [-0.1, -0.05) is 41.9 Å². The molecule has 0 saturated heterocycles. The van der Waals surface area contributed by atoms with Gasteiger partial charge in [-0.2, -0.15) is 0 Å². The van der Waals surface area contributed by atoms with Crippen LogP contribution in [0, 0.1) is 35.5 Å². The van der Waals surface area contributed by atoms with Crippen molar-refractivity contribution in [2.45, 2.75) is 58.6 Å². The van der Waals surface area contributed by atoms with Crippen LogP contribution in [0.2, 0.25) is 0 Å². The maximum atomic E-state index is 15.2. The molecule has 2 aromatic carbocycles. The van der Waals surface area contributed by atoms with Gasteiger partial charge in [0.25, 0.3) is 0 Å². The van der Waals surface area contributed by atoms with Gasteiger partial charge in [-0.25, -0.2) is 0 Å². The van der Waals surface area contributed by atoms with Crippen LogP contribution >= 0.6 is 0 Å². The Bertz CT molecular complexity index is 1770. The van der Waals surface area contributed by atoms with Gasteiger partial charge >= 0.3 is 0 Å². The number of anilines is 1. The minimum Gasteiger partial charge on any atom is -0.488 e. The second kappa shape index (κ2) is 10.7. The highest BCUT2D eigenvalue weighted by Crippen LogP contribution is 2.67. The number of benzene rings is 2. The Morgan fingerprint density at radius 3 is 2.39 bits per heavy atom. The summed E-state index contributed by atoms with van der Waals surface area (Å²) in [6.45, 7) is 3.68. The van der Waals surface area contributed by atoms with E-state index in [1.165, 1.54) is 0 Å². The number of ketones is 3. The highest BCUT2D eigenvalue weighted by atomic mass is 16.5. The monoisotopic (exact) mass is 623 g/mol. The molecule has 0 radical (unpaired) electrons. The number of carbonyl (C=O) groups excluding carboxylic acids is 4. The Balaban J connectivity index is 1.45. The molecule has 46 heavy (non-hydrogen) atoms. The summed E-state index contributed by atoms with van der Waals surface area (Å²) in [5, 5.41) is 4.16. The van der Waals surface area contributed by atoms with Crippen molar-refractivity contribution in [2.24, 2.45) is 28.6 Å². The Morgan fingerprint density at radius 2 is 1.78 bits per heavy atom. The van der Waals surface area contributed by atoms with Crippen molar-refractivity contribution in [1.82, 2.24) is 10.1 Å². The predicted octanol–water partition coefficient (Wildman–Crippen LogP) is 5.68. The molecule has 4 aliphatic carbocycles. The summed E-state index contributed by atoms with van der Waals surface area (Å²) >= 11 is 0. The van der Waals surface area contributed by atoms with E-state index in [1.807, 2.05) is 68.3 Å². The summed E-state index contributed by atoms with van der Waals surface area (Å²) in [5.74, 6) is -1.41. The third-order valence-electron chi connectivity index (χ3n) is 11.6. The van der Waals surface area contributed by atoms with Crippen LogP contribution in [0.15, 0.2) is 40.9 Å². The standard InChI is InChI=1S/C37H41N3O6/c1-20-27-33(46-38-20)31(40(5)6)25-17-37(23-13-10-14-23)16-24-28(32(42)29(37)35(44)36(25,2)34(27)43)26(15-22(18-41)30(24)39(3)4)45-19-21-11-8-7-9-12-21/h7-9,11-12,15,18,23,25,29,31H,10,13-14,16-17,19H2,1-6H3. The van der Waals surface area contributed by atoms with Crippen molar-refractivity contribution in [2.75, 3.05) is 33.1 Å². The molecule has 9 nitrogen and oxygen atoms in total. The molecule has 2 fully saturated rings. The topological polar surface area (TPSA) is 110 Å². The summed E-state index contributed by atoms with van der Waals surface area (Å²) in [6, 6.07) is 10.9. The van der Waals surface area contributed by atoms with Gasteiger partial charge in [0.2, 0.25) is 0 Å². The molecule has 3 aromatic rings. The van der Waals surface area contributed by atoms with Gasteiger partial charge in [-0.3, -0.25) is 24.1 Å². The summed E-state index contributed by atoms with van der Waals surface area (Å²) in [6.07, 6.45) is 4.60. The van der Waals surface area contributed by atoms with Gasteiger partial charge in [-0.15, -0.1) is 0 Å². The van der Waals surface area contributed by atoms with E-state index in [1.54, 1.807) is 19.9 Å². The molecule has 4 aliphatic rings. The number of carbonyl (C=O) groups is 4. The van der Waals surface area contributed by atoms with Crippen molar-refractivity contribution >= 4 is 29.3 Å². The highest BCUT2D eigenvalue weighted by molar-refractivity contribution is 6.25. The summed E-state index contributed by atoms with van der Waals surface area (Å²) < 4.78 is 12.2. The van der Waals surface area contributed by atoms with E-state index in [2.05, 4.69) is 5.16 Å². The number of hydrogen-bond acceptors (Lipinski definition) is 9. The molecular formula is C37H41N3O6. The van der Waals surface area contributed by atoms with Gasteiger partial charge in [-0.05, 0) is 82.2 Å². The molecular weight excluding hydrogens is 582 g/mol. The lowest BCUT2D eigenvalue weighted by atomic mass is 9.40. The minimum atomic E-state index is -1.43. The van der Waals surface area contributed by atoms with E-state index in [-0.39, 0.29) is 35.9 Å². The van der Waals surface area contributed by atoms with Crippen molar-refractivity contribution in [3.63, 3.8) is 0 Å². The number of nitrogens with zero attached hydrogens (tertiary/aromatic N) is 3. The third kappa shape index (κ3) is 4.06. The smallest absolute Gasteiger partial charge is 0.182 e. The largest absolute Gasteiger partial charge is 0.488 e. The molecule has 0 bridgehead atoms. The molecule has 0 N–H and O–H groups in total. The normalized spacial score (nSPS) is 28.6. The molecule has 5 atom stereocenters. The van der Waals surface area contributed by atoms with Crippen LogP contribution in [0.5, 0.6) is 5.75 Å². The van der Waals surface area contributed by atoms with Crippen molar-refractivity contribution in [1.29, 1.82) is 0 Å². The minimum absolute atomic E-state index is 0.127. The van der Waals surface area contributed by atoms with E-state index in [0.29, 0.717) is 52.4 Å². The lowest BCUT2D eigenvalue weighted by Crippen LogP contribution is -2.66. The summed E-state index contributed by atoms with van der Waals surface area (Å²) in [5.41, 5.74) is 1.83. The van der Waals surface area contributed by atoms with Gasteiger partial charge in [0.05, 0.1) is 39.9 Å². The van der Waals surface area contributed by atoms with Gasteiger partial charge in [0.1, 0.15) is 12.4 Å². The average Bonchev–Trinajstić information content (AvgIpc) is 3.37. The summed E-state index contributed by atoms with van der Waals surface area (Å²) in [7, 11) is 7.62. The quantitative estimate of drug-likeness (QED) is 0.243. The number of fused-ring (bicyclic) bond motifs is 4. The maximum Gasteiger partial charge on any atom is 0.182 e. The molecule has 240 valence electrons. The second-order valence-electron chi connectivity index (χ2n) is 14.4. The predicted molar refractivity (Wildman–Crippen MR) is 171 cm³/mol. The number of rotatable bonds is 7. The fourth-order valence-electron chi connectivity index (χ4n) is 9.27. The number of aromatic nitrogens is 1. The first-order valence-electron chi connectivity index (χ1n) is 16.2. The lowest BCUT2D eigenvalue weighted by molar-refractivity contribution is -0.153. The van der Waals surface area contributed by atoms with Crippen LogP contribution in [-0.4, -0.2) is 61.9 Å². The average molecular weight is 624 g/mol. The molecule has 9 heteroatoms. The van der Waals surface area contributed by atoms with E-state index < -0.39 is 22.7 Å². The molecule has 1 heterocycles. The van der Waals surface area contributed by atoms with Crippen molar-refractivity contribution < 1.29 is 28.4 Å². The SMILES string of the molecule is Cc1noc2c1C(=O)C1(C)C(=O)C3C(=O)c4c(OCc5ccccc5)cc(C=O)c(N(C)C)c4CC3(C3CCC3)CC1C2N(C)C. The van der Waals surface area contributed by atoms with Crippen LogP contribution in [0.3, 0.4) is 0 Å². The fourth-order valence-corrected chi connectivity index (χ4v) is 9.27. The Hall–Kier alpha value is -4.11. The second-order valence-corrected chi connectivity index (χ2v) is 14.4. The number of ether oxygens (including phenoxy) is 1. The number of aldehydes is 1. The van der Waals surface area contributed by atoms with Gasteiger partial charge in [0.15, 0.2) is 29.4 Å². The van der Waals surface area contributed by atoms with Crippen LogP contribution < -0.4 is 9.64 Å². The Morgan fingerprint density at radius 1 is 1.07 bits per heavy atom. The van der Waals surface area contributed by atoms with Crippen LogP contribution in [0.1, 0.15) is 92.3 Å². The van der Waals surface area contributed by atoms with E-state index in [0.717, 1.165) is 36.7 Å². The fraction of sp³-hybridized carbons (Fsp3) is 0.486. The maximum absolute atomic E-state index is 15.2. The van der Waals surface area contributed by atoms with Crippen LogP contribution in [0.4, 0.5) is 5.69 Å². The molecule has 0 aliphatic heterocycles. The number of Topliss-reactive ketones (excluding diaryl/α,β-unsaturated/α-hetero) is 3. The zero-order chi connectivity index (χ0) is 32.7. The summed E-state index contributed by atoms with van der Waals surface area (Å²) in [4.78, 5) is 61.3. The zero-order valence-corrected chi connectivity index (χ0v) is 27.4. The first-order valence-corrected chi connectivity index (χ1v) is 16.2. The Kier molecular flexibility index (Phi) is 7.12. The van der Waals surface area contributed by atoms with Gasteiger partial charge in [0, 0.05) is 25.6 Å². The van der Waals surface area contributed by atoms with Crippen molar-refractivity contribution in [3.05, 3.63) is 75.7 Å². The third-order valence-corrected chi connectivity index (χ3v) is 11.6. The Labute approximate surface area is 269 Å². The number of hydrogen-bond donors (Lipinski definition) is 0. The first-order chi connectivity index (χ1) is 22.0. The zero-order valence-electron chi connectivity index (χ0n) is 27.4. The molecule has 7 rings (SSSR count). The van der Waals surface area contributed by atoms with E-state index in [4.69, 9.17) is 9.26 Å². The molecule has 1 aromatic heterocycles. The molecule has 2 saturated carbocycles. The van der Waals surface area contributed by atoms with E-state index >= 15 is 9.59 Å². The lowest BCUT2D eigenvalue weighted by Gasteiger charge is -2.61. The van der Waals surface area contributed by atoms with Crippen LogP contribution in [0.25, 0.3) is 0 Å². The van der Waals surface area contributed by atoms with E-state index in [9.17, 15) is 9.59 Å². The van der Waals surface area contributed by atoms with Gasteiger partial charge < -0.3 is 14.2 Å². The molecule has 0 amide bonds. The van der Waals surface area contributed by atoms with Crippen LogP contribution in [-0.2, 0) is 17.8 Å². The number of aryl methyl sites for hydroxylation is 1. The highest BCUT2D eigenvalue weighted by Gasteiger charge is 2.70. The molecule has 5 unspecified atom stereocenters. The van der Waals surface area contributed by atoms with Crippen molar-refractivity contribution in [3.8, 4) is 5.75 Å². The first kappa shape index (κ1) is 30.5.